The summed E-state index contributed by atoms with van der Waals surface area (Å²) in [4.78, 5) is 14.4. The number of amides is 1. The second-order valence-corrected chi connectivity index (χ2v) is 13.0. The Morgan fingerprint density at radius 2 is 1.50 bits per heavy atom. The van der Waals surface area contributed by atoms with Crippen molar-refractivity contribution in [3.05, 3.63) is 0 Å². The van der Waals surface area contributed by atoms with Gasteiger partial charge in [-0.2, -0.15) is 0 Å². The molecule has 0 radical (unpaired) electrons. The number of nitrogens with two attached hydrogens (primary N) is 1. The zero-order valence-corrected chi connectivity index (χ0v) is 19.5. The Morgan fingerprint density at radius 1 is 1.00 bits per heavy atom. The summed E-state index contributed by atoms with van der Waals surface area (Å²) in [6.07, 6.45) is 8.58. The van der Waals surface area contributed by atoms with Gasteiger partial charge in [-0.15, -0.1) is 0 Å². The largest absolute Gasteiger partial charge is 0.437 e. The second kappa shape index (κ2) is 6.35. The predicted octanol–water partition coefficient (Wildman–Crippen LogP) is 2.79. The van der Waals surface area contributed by atoms with E-state index in [9.17, 15) is 9.90 Å². The molecule has 6 nitrogen and oxygen atoms in total. The number of carbonyl (C=O) groups is 1. The van der Waals surface area contributed by atoms with Gasteiger partial charge in [0.05, 0.1) is 29.8 Å². The van der Waals surface area contributed by atoms with Crippen LogP contribution in [0, 0.1) is 17.8 Å². The van der Waals surface area contributed by atoms with Gasteiger partial charge in [0.15, 0.2) is 11.3 Å². The maximum absolute atomic E-state index is 12.9. The number of quaternary nitrogens is 1. The van der Waals surface area contributed by atoms with E-state index in [1.165, 1.54) is 43.4 Å². The molecule has 2 saturated heterocycles. The van der Waals surface area contributed by atoms with E-state index in [4.69, 9.17) is 9.47 Å². The quantitative estimate of drug-likeness (QED) is 0.732. The lowest BCUT2D eigenvalue weighted by atomic mass is 9.54. The Bertz CT molecular complexity index is 677. The number of hydrogen-bond acceptors (Lipinski definition) is 4. The molecule has 0 unspecified atom stereocenters. The van der Waals surface area contributed by atoms with Crippen LogP contribution in [0.1, 0.15) is 86.0 Å². The van der Waals surface area contributed by atoms with Gasteiger partial charge in [-0.1, -0.05) is 0 Å². The fourth-order valence-corrected chi connectivity index (χ4v) is 8.71. The molecule has 1 atom stereocenters. The van der Waals surface area contributed by atoms with Gasteiger partial charge in [0.1, 0.15) is 0 Å². The van der Waals surface area contributed by atoms with E-state index in [2.05, 4.69) is 33.0 Å². The molecule has 1 spiro atoms. The van der Waals surface area contributed by atoms with E-state index >= 15 is 0 Å². The van der Waals surface area contributed by atoms with Gasteiger partial charge in [-0.25, -0.2) is 4.79 Å². The normalized spacial score (nSPS) is 45.2. The van der Waals surface area contributed by atoms with Crippen molar-refractivity contribution >= 4 is 6.09 Å². The molecule has 6 rings (SSSR count). The lowest BCUT2D eigenvalue weighted by molar-refractivity contribution is -0.793. The summed E-state index contributed by atoms with van der Waals surface area (Å²) in [6, 6.07) is 0. The van der Waals surface area contributed by atoms with Gasteiger partial charge < -0.3 is 19.9 Å². The first-order chi connectivity index (χ1) is 13.8. The van der Waals surface area contributed by atoms with E-state index in [0.29, 0.717) is 26.0 Å². The molecule has 30 heavy (non-hydrogen) atoms. The predicted molar refractivity (Wildman–Crippen MR) is 113 cm³/mol. The van der Waals surface area contributed by atoms with Crippen LogP contribution in [0.4, 0.5) is 4.79 Å². The number of piperidine rings is 1. The lowest BCUT2D eigenvalue weighted by Gasteiger charge is -2.56. The highest BCUT2D eigenvalue weighted by molar-refractivity contribution is 5.72. The Hall–Kier alpha value is -0.850. The topological polar surface area (TPSA) is 75.6 Å². The lowest BCUT2D eigenvalue weighted by Crippen LogP contribution is -3.07. The first kappa shape index (κ1) is 21.0. The van der Waals surface area contributed by atoms with E-state index in [1.807, 2.05) is 0 Å². The van der Waals surface area contributed by atoms with Crippen molar-refractivity contribution < 1.29 is 24.7 Å². The summed E-state index contributed by atoms with van der Waals surface area (Å²) < 4.78 is 12.5. The molecule has 0 aromatic heterocycles. The summed E-state index contributed by atoms with van der Waals surface area (Å²) in [6.45, 7) is 11.3. The number of nitrogens with zero attached hydrogens (tertiary/aromatic N) is 1. The third-order valence-corrected chi connectivity index (χ3v) is 8.86. The van der Waals surface area contributed by atoms with Crippen molar-refractivity contribution in [1.29, 1.82) is 0 Å². The number of hydrogen-bond donors (Lipinski definition) is 2. The van der Waals surface area contributed by atoms with Crippen LogP contribution in [0.2, 0.25) is 0 Å². The summed E-state index contributed by atoms with van der Waals surface area (Å²) in [5.74, 6) is 2.51. The minimum absolute atomic E-state index is 0.0195. The van der Waals surface area contributed by atoms with Gasteiger partial charge in [-0.05, 0) is 90.9 Å². The van der Waals surface area contributed by atoms with Crippen molar-refractivity contribution in [2.24, 2.45) is 17.8 Å². The third-order valence-electron chi connectivity index (χ3n) is 8.86. The van der Waals surface area contributed by atoms with Crippen LogP contribution in [0.25, 0.3) is 0 Å². The number of rotatable bonds is 4. The Balaban J connectivity index is 1.28. The van der Waals surface area contributed by atoms with E-state index in [-0.39, 0.29) is 16.7 Å². The summed E-state index contributed by atoms with van der Waals surface area (Å²) in [5, 5.41) is 14.0. The smallest absolute Gasteiger partial charge is 0.412 e. The minimum Gasteiger partial charge on any atom is -0.437 e. The summed E-state index contributed by atoms with van der Waals surface area (Å²) in [7, 11) is 0. The molecule has 170 valence electrons. The van der Waals surface area contributed by atoms with E-state index in [1.54, 1.807) is 6.92 Å². The highest BCUT2D eigenvalue weighted by atomic mass is 16.6. The molecule has 0 aromatic rings. The molecule has 2 aliphatic heterocycles. The Morgan fingerprint density at radius 3 is 2.00 bits per heavy atom. The highest BCUT2D eigenvalue weighted by Crippen LogP contribution is 2.57. The molecule has 4 bridgehead atoms. The monoisotopic (exact) mass is 421 g/mol. The zero-order chi connectivity index (χ0) is 21.6. The third kappa shape index (κ3) is 3.29. The fraction of sp³-hybridized carbons (Fsp3) is 0.958. The van der Waals surface area contributed by atoms with Crippen LogP contribution < -0.4 is 5.32 Å². The molecule has 2 heterocycles. The number of ether oxygens (including phenoxy) is 2. The molecule has 3 N–H and O–H groups in total. The SMILES string of the molecule is CC1(C)CC2(CC(C)(C)[NH2+]1)OC(=O)N(CCOC13CC4CC(CC(C4)C1)C3)[C@@]2(C)O. The van der Waals surface area contributed by atoms with Gasteiger partial charge in [0.25, 0.3) is 0 Å². The van der Waals surface area contributed by atoms with Crippen LogP contribution in [0.15, 0.2) is 0 Å². The second-order valence-electron chi connectivity index (χ2n) is 13.0. The number of carbonyl (C=O) groups excluding carboxylic acids is 1. The van der Waals surface area contributed by atoms with E-state index < -0.39 is 17.4 Å². The van der Waals surface area contributed by atoms with Crippen LogP contribution in [0.3, 0.4) is 0 Å². The van der Waals surface area contributed by atoms with Crippen molar-refractivity contribution in [2.75, 3.05) is 13.2 Å². The van der Waals surface area contributed by atoms with Crippen LogP contribution in [0.5, 0.6) is 0 Å². The van der Waals surface area contributed by atoms with Gasteiger partial charge in [-0.3, -0.25) is 4.90 Å². The summed E-state index contributed by atoms with van der Waals surface area (Å²) >= 11 is 0. The van der Waals surface area contributed by atoms with Gasteiger partial charge >= 0.3 is 6.09 Å². The molecule has 4 aliphatic carbocycles. The van der Waals surface area contributed by atoms with Crippen molar-refractivity contribution in [1.82, 2.24) is 4.90 Å². The molecular weight excluding hydrogens is 380 g/mol. The van der Waals surface area contributed by atoms with Crippen molar-refractivity contribution in [3.8, 4) is 0 Å². The Kier molecular flexibility index (Phi) is 4.45. The van der Waals surface area contributed by atoms with Crippen LogP contribution >= 0.6 is 0 Å². The molecular formula is C24H41N2O4+. The Labute approximate surface area is 181 Å². The van der Waals surface area contributed by atoms with Crippen LogP contribution in [-0.4, -0.2) is 57.3 Å². The summed E-state index contributed by atoms with van der Waals surface area (Å²) in [5.41, 5.74) is -2.43. The molecule has 6 fully saturated rings. The molecule has 6 aliphatic rings. The van der Waals surface area contributed by atoms with E-state index in [0.717, 1.165) is 17.8 Å². The average molecular weight is 422 g/mol. The zero-order valence-electron chi connectivity index (χ0n) is 19.5. The van der Waals surface area contributed by atoms with Crippen molar-refractivity contribution in [3.63, 3.8) is 0 Å². The average Bonchev–Trinajstić information content (AvgIpc) is 2.69. The molecule has 4 saturated carbocycles. The van der Waals surface area contributed by atoms with Gasteiger partial charge in [0.2, 0.25) is 0 Å². The van der Waals surface area contributed by atoms with Gasteiger partial charge in [0, 0.05) is 12.8 Å². The first-order valence-electron chi connectivity index (χ1n) is 12.1. The van der Waals surface area contributed by atoms with Crippen LogP contribution in [-0.2, 0) is 9.47 Å². The maximum Gasteiger partial charge on any atom is 0.412 e. The maximum atomic E-state index is 12.9. The molecule has 6 heteroatoms. The standard InChI is InChI=1S/C24H40N2O4/c1-20(2)14-24(15-21(3,4)25-20)22(5,28)26(19(27)30-24)6-7-29-23-11-16-8-17(12-23)10-18(9-16)13-23/h16-18,25,28H,6-15H2,1-5H3/p+1/t16?,17?,18?,22-,23?/m0/s1. The first-order valence-corrected chi connectivity index (χ1v) is 12.1. The highest BCUT2D eigenvalue weighted by Gasteiger charge is 2.68. The minimum atomic E-state index is -1.34. The number of aliphatic hydroxyl groups is 1. The molecule has 0 aromatic carbocycles. The fourth-order valence-electron chi connectivity index (χ4n) is 8.71. The molecule has 1 amide bonds. The van der Waals surface area contributed by atoms with Crippen molar-refractivity contribution in [2.45, 2.75) is 114 Å².